The molecular formula is C13H11FO3S. The van der Waals surface area contributed by atoms with Crippen molar-refractivity contribution < 1.29 is 17.0 Å². The van der Waals surface area contributed by atoms with Crippen LogP contribution in [0.15, 0.2) is 53.4 Å². The molecule has 2 aromatic rings. The molecule has 0 amide bonds. The summed E-state index contributed by atoms with van der Waals surface area (Å²) in [4.78, 5) is -0.402. The first-order chi connectivity index (χ1) is 8.50. The minimum absolute atomic E-state index is 0.299. The molecule has 0 atom stereocenters. The summed E-state index contributed by atoms with van der Waals surface area (Å²) in [5.74, 6) is 0.299. The summed E-state index contributed by atoms with van der Waals surface area (Å²) >= 11 is 0. The second kappa shape index (κ2) is 4.78. The lowest BCUT2D eigenvalue weighted by Crippen LogP contribution is -1.94. The lowest BCUT2D eigenvalue weighted by Gasteiger charge is -2.07. The first kappa shape index (κ1) is 12.6. The molecule has 0 fully saturated rings. The molecule has 0 radical (unpaired) electrons. The molecule has 94 valence electrons. The van der Waals surface area contributed by atoms with E-state index < -0.39 is 15.1 Å². The van der Waals surface area contributed by atoms with Crippen LogP contribution in [0.5, 0.6) is 5.75 Å². The smallest absolute Gasteiger partial charge is 0.332 e. The largest absolute Gasteiger partial charge is 0.497 e. The number of benzene rings is 2. The molecule has 2 aromatic carbocycles. The molecule has 3 nitrogen and oxygen atoms in total. The number of hydrogen-bond donors (Lipinski definition) is 0. The van der Waals surface area contributed by atoms with Crippen molar-refractivity contribution in [1.82, 2.24) is 0 Å². The second-order valence-electron chi connectivity index (χ2n) is 3.70. The Morgan fingerprint density at radius 2 is 1.67 bits per heavy atom. The lowest BCUT2D eigenvalue weighted by atomic mass is 10.1. The van der Waals surface area contributed by atoms with E-state index >= 15 is 0 Å². The number of halogens is 1. The Morgan fingerprint density at radius 3 is 2.22 bits per heavy atom. The van der Waals surface area contributed by atoms with E-state index in [1.807, 2.05) is 30.3 Å². The maximum Gasteiger partial charge on any atom is 0.332 e. The van der Waals surface area contributed by atoms with Crippen LogP contribution in [-0.4, -0.2) is 15.5 Å². The zero-order valence-electron chi connectivity index (χ0n) is 9.63. The Labute approximate surface area is 105 Å². The molecule has 0 unspecified atom stereocenters. The standard InChI is InChI=1S/C13H11FO3S/c1-17-12-7-11(10-5-3-2-4-6-10)8-13(9-12)18(14,15)16/h2-9H,1H3. The SMILES string of the molecule is COc1cc(-c2ccccc2)cc(S(=O)(=O)F)c1. The quantitative estimate of drug-likeness (QED) is 0.802. The van der Waals surface area contributed by atoms with E-state index in [9.17, 15) is 12.3 Å². The van der Waals surface area contributed by atoms with Crippen LogP contribution < -0.4 is 4.74 Å². The summed E-state index contributed by atoms with van der Waals surface area (Å²) < 4.78 is 40.0. The Bertz CT molecular complexity index is 651. The van der Waals surface area contributed by atoms with E-state index in [2.05, 4.69) is 0 Å². The van der Waals surface area contributed by atoms with Gasteiger partial charge in [0.05, 0.1) is 7.11 Å². The van der Waals surface area contributed by atoms with E-state index in [-0.39, 0.29) is 0 Å². The second-order valence-corrected chi connectivity index (χ2v) is 5.05. The third-order valence-corrected chi connectivity index (χ3v) is 3.30. The molecule has 0 aliphatic carbocycles. The number of methoxy groups -OCH3 is 1. The molecule has 0 heterocycles. The van der Waals surface area contributed by atoms with Gasteiger partial charge in [-0.15, -0.1) is 3.89 Å². The molecule has 2 rings (SSSR count). The average molecular weight is 266 g/mol. The number of hydrogen-bond acceptors (Lipinski definition) is 3. The zero-order chi connectivity index (χ0) is 13.2. The van der Waals surface area contributed by atoms with Crippen LogP contribution >= 0.6 is 0 Å². The van der Waals surface area contributed by atoms with E-state index in [0.29, 0.717) is 11.3 Å². The van der Waals surface area contributed by atoms with Crippen LogP contribution in [-0.2, 0) is 10.2 Å². The number of ether oxygens (including phenoxy) is 1. The van der Waals surface area contributed by atoms with Gasteiger partial charge in [-0.25, -0.2) is 0 Å². The maximum atomic E-state index is 13.0. The third-order valence-electron chi connectivity index (χ3n) is 2.50. The van der Waals surface area contributed by atoms with Crippen LogP contribution in [0.25, 0.3) is 11.1 Å². The molecule has 0 aliphatic heterocycles. The van der Waals surface area contributed by atoms with Gasteiger partial charge in [-0.05, 0) is 23.3 Å². The van der Waals surface area contributed by atoms with E-state index in [1.165, 1.54) is 13.2 Å². The van der Waals surface area contributed by atoms with Crippen LogP contribution in [0.4, 0.5) is 3.89 Å². The monoisotopic (exact) mass is 266 g/mol. The minimum Gasteiger partial charge on any atom is -0.497 e. The van der Waals surface area contributed by atoms with Crippen LogP contribution in [0.3, 0.4) is 0 Å². The average Bonchev–Trinajstić information content (AvgIpc) is 2.38. The Balaban J connectivity index is 2.62. The molecule has 0 aliphatic rings. The molecule has 5 heteroatoms. The summed E-state index contributed by atoms with van der Waals surface area (Å²) in [6.45, 7) is 0. The van der Waals surface area contributed by atoms with Gasteiger partial charge in [-0.1, -0.05) is 30.3 Å². The summed E-state index contributed by atoms with van der Waals surface area (Å²) in [6.07, 6.45) is 0. The maximum absolute atomic E-state index is 13.0. The molecule has 0 saturated heterocycles. The summed E-state index contributed by atoms with van der Waals surface area (Å²) in [7, 11) is -3.34. The van der Waals surface area contributed by atoms with Crippen LogP contribution in [0.2, 0.25) is 0 Å². The molecule has 0 N–H and O–H groups in total. The lowest BCUT2D eigenvalue weighted by molar-refractivity contribution is 0.413. The predicted molar refractivity (Wildman–Crippen MR) is 66.7 cm³/mol. The first-order valence-corrected chi connectivity index (χ1v) is 6.58. The Hall–Kier alpha value is -1.88. The normalized spacial score (nSPS) is 11.2. The van der Waals surface area contributed by atoms with Crippen LogP contribution in [0, 0.1) is 0 Å². The van der Waals surface area contributed by atoms with Gasteiger partial charge in [-0.2, -0.15) is 8.42 Å². The van der Waals surface area contributed by atoms with E-state index in [4.69, 9.17) is 4.74 Å². The fourth-order valence-electron chi connectivity index (χ4n) is 1.63. The van der Waals surface area contributed by atoms with Gasteiger partial charge < -0.3 is 4.74 Å². The molecule has 0 saturated carbocycles. The van der Waals surface area contributed by atoms with Gasteiger partial charge in [0.2, 0.25) is 0 Å². The molecular weight excluding hydrogens is 255 g/mol. The topological polar surface area (TPSA) is 43.4 Å². The molecule has 0 spiro atoms. The van der Waals surface area contributed by atoms with Crippen molar-refractivity contribution in [3.05, 3.63) is 48.5 Å². The third kappa shape index (κ3) is 2.68. The van der Waals surface area contributed by atoms with Gasteiger partial charge >= 0.3 is 10.2 Å². The molecule has 0 bridgehead atoms. The van der Waals surface area contributed by atoms with E-state index in [0.717, 1.165) is 11.6 Å². The van der Waals surface area contributed by atoms with Crippen molar-refractivity contribution >= 4 is 10.2 Å². The highest BCUT2D eigenvalue weighted by Gasteiger charge is 2.15. The van der Waals surface area contributed by atoms with Crippen molar-refractivity contribution in [3.8, 4) is 16.9 Å². The Morgan fingerprint density at radius 1 is 1.00 bits per heavy atom. The van der Waals surface area contributed by atoms with Crippen molar-refractivity contribution in [1.29, 1.82) is 0 Å². The van der Waals surface area contributed by atoms with Crippen molar-refractivity contribution in [2.75, 3.05) is 7.11 Å². The summed E-state index contributed by atoms with van der Waals surface area (Å²) in [5, 5.41) is 0. The molecule has 18 heavy (non-hydrogen) atoms. The van der Waals surface area contributed by atoms with Crippen molar-refractivity contribution in [2.24, 2.45) is 0 Å². The fourth-order valence-corrected chi connectivity index (χ4v) is 2.15. The molecule has 0 aromatic heterocycles. The van der Waals surface area contributed by atoms with E-state index in [1.54, 1.807) is 6.07 Å². The highest BCUT2D eigenvalue weighted by atomic mass is 32.3. The zero-order valence-corrected chi connectivity index (χ0v) is 10.4. The van der Waals surface area contributed by atoms with Gasteiger partial charge in [0.25, 0.3) is 0 Å². The summed E-state index contributed by atoms with van der Waals surface area (Å²) in [6, 6.07) is 13.2. The van der Waals surface area contributed by atoms with Gasteiger partial charge in [0, 0.05) is 6.07 Å². The Kier molecular flexibility index (Phi) is 3.34. The summed E-state index contributed by atoms with van der Waals surface area (Å²) in [5.41, 5.74) is 1.38. The van der Waals surface area contributed by atoms with Gasteiger partial charge in [0.1, 0.15) is 10.6 Å². The van der Waals surface area contributed by atoms with Crippen molar-refractivity contribution in [2.45, 2.75) is 4.90 Å². The van der Waals surface area contributed by atoms with Gasteiger partial charge in [-0.3, -0.25) is 0 Å². The first-order valence-electron chi connectivity index (χ1n) is 5.20. The highest BCUT2D eigenvalue weighted by Crippen LogP contribution is 2.28. The van der Waals surface area contributed by atoms with Gasteiger partial charge in [0.15, 0.2) is 0 Å². The fraction of sp³-hybridized carbons (Fsp3) is 0.0769. The predicted octanol–water partition coefficient (Wildman–Crippen LogP) is 3.02. The van der Waals surface area contributed by atoms with Crippen molar-refractivity contribution in [3.63, 3.8) is 0 Å². The minimum atomic E-state index is -4.75. The van der Waals surface area contributed by atoms with Crippen LogP contribution in [0.1, 0.15) is 0 Å². The highest BCUT2D eigenvalue weighted by molar-refractivity contribution is 7.86. The number of rotatable bonds is 3.